The SMILES string of the molecule is CC[C@@H](N)CN(C)Cc1ccccc1. The minimum absolute atomic E-state index is 0.295. The summed E-state index contributed by atoms with van der Waals surface area (Å²) in [4.78, 5) is 2.27. The van der Waals surface area contributed by atoms with Crippen LogP contribution in [0.5, 0.6) is 0 Å². The molecule has 2 N–H and O–H groups in total. The van der Waals surface area contributed by atoms with Crippen molar-refractivity contribution in [3.63, 3.8) is 0 Å². The Balaban J connectivity index is 2.37. The van der Waals surface area contributed by atoms with Crippen LogP contribution in [0.2, 0.25) is 0 Å². The van der Waals surface area contributed by atoms with E-state index in [0.717, 1.165) is 19.5 Å². The van der Waals surface area contributed by atoms with Crippen molar-refractivity contribution in [3.05, 3.63) is 35.9 Å². The topological polar surface area (TPSA) is 29.3 Å². The van der Waals surface area contributed by atoms with Gasteiger partial charge < -0.3 is 10.6 Å². The van der Waals surface area contributed by atoms with Crippen molar-refractivity contribution in [2.45, 2.75) is 25.9 Å². The molecular weight excluding hydrogens is 172 g/mol. The van der Waals surface area contributed by atoms with Crippen LogP contribution in [-0.2, 0) is 6.54 Å². The third-order valence-electron chi connectivity index (χ3n) is 2.37. The Morgan fingerprint density at radius 3 is 2.50 bits per heavy atom. The molecule has 2 heteroatoms. The van der Waals surface area contributed by atoms with Crippen LogP contribution in [0.25, 0.3) is 0 Å². The van der Waals surface area contributed by atoms with E-state index in [1.54, 1.807) is 0 Å². The minimum atomic E-state index is 0.295. The van der Waals surface area contributed by atoms with Gasteiger partial charge in [0.2, 0.25) is 0 Å². The minimum Gasteiger partial charge on any atom is -0.327 e. The zero-order valence-electron chi connectivity index (χ0n) is 9.11. The lowest BCUT2D eigenvalue weighted by atomic mass is 10.2. The van der Waals surface area contributed by atoms with Crippen LogP contribution in [0, 0.1) is 0 Å². The molecule has 0 saturated carbocycles. The zero-order valence-corrected chi connectivity index (χ0v) is 9.11. The van der Waals surface area contributed by atoms with E-state index in [9.17, 15) is 0 Å². The first-order valence-electron chi connectivity index (χ1n) is 5.20. The van der Waals surface area contributed by atoms with E-state index in [4.69, 9.17) is 5.73 Å². The summed E-state index contributed by atoms with van der Waals surface area (Å²) in [6, 6.07) is 10.8. The van der Waals surface area contributed by atoms with Crippen LogP contribution in [0.4, 0.5) is 0 Å². The normalized spacial score (nSPS) is 13.1. The highest BCUT2D eigenvalue weighted by Gasteiger charge is 2.04. The van der Waals surface area contributed by atoms with E-state index in [1.165, 1.54) is 5.56 Å². The fourth-order valence-corrected chi connectivity index (χ4v) is 1.49. The van der Waals surface area contributed by atoms with E-state index < -0.39 is 0 Å². The second-order valence-electron chi connectivity index (χ2n) is 3.85. The summed E-state index contributed by atoms with van der Waals surface area (Å²) >= 11 is 0. The van der Waals surface area contributed by atoms with Gasteiger partial charge in [-0.15, -0.1) is 0 Å². The fraction of sp³-hybridized carbons (Fsp3) is 0.500. The predicted octanol–water partition coefficient (Wildman–Crippen LogP) is 1.86. The van der Waals surface area contributed by atoms with E-state index in [0.29, 0.717) is 6.04 Å². The first-order chi connectivity index (χ1) is 6.72. The molecule has 0 saturated heterocycles. The summed E-state index contributed by atoms with van der Waals surface area (Å²) in [7, 11) is 2.11. The van der Waals surface area contributed by atoms with Gasteiger partial charge in [0, 0.05) is 19.1 Å². The molecule has 0 aliphatic heterocycles. The second kappa shape index (κ2) is 5.78. The van der Waals surface area contributed by atoms with E-state index >= 15 is 0 Å². The largest absolute Gasteiger partial charge is 0.327 e. The molecule has 0 radical (unpaired) electrons. The van der Waals surface area contributed by atoms with Crippen molar-refractivity contribution in [3.8, 4) is 0 Å². The molecule has 0 aliphatic rings. The molecular formula is C12H20N2. The maximum Gasteiger partial charge on any atom is 0.0231 e. The van der Waals surface area contributed by atoms with Crippen molar-refractivity contribution in [1.82, 2.24) is 4.90 Å². The molecule has 1 aromatic rings. The number of nitrogens with zero attached hydrogens (tertiary/aromatic N) is 1. The molecule has 0 amide bonds. The molecule has 0 spiro atoms. The van der Waals surface area contributed by atoms with Crippen LogP contribution in [-0.4, -0.2) is 24.5 Å². The van der Waals surface area contributed by atoms with Gasteiger partial charge in [-0.2, -0.15) is 0 Å². The lowest BCUT2D eigenvalue weighted by Gasteiger charge is -2.20. The Labute approximate surface area is 86.7 Å². The van der Waals surface area contributed by atoms with Crippen molar-refractivity contribution in [1.29, 1.82) is 0 Å². The highest BCUT2D eigenvalue weighted by atomic mass is 15.1. The van der Waals surface area contributed by atoms with Gasteiger partial charge in [-0.3, -0.25) is 0 Å². The van der Waals surface area contributed by atoms with Gasteiger partial charge in [-0.1, -0.05) is 37.3 Å². The molecule has 0 fully saturated rings. The highest BCUT2D eigenvalue weighted by molar-refractivity contribution is 5.14. The van der Waals surface area contributed by atoms with Crippen LogP contribution in [0.15, 0.2) is 30.3 Å². The maximum absolute atomic E-state index is 5.89. The van der Waals surface area contributed by atoms with Gasteiger partial charge in [0.05, 0.1) is 0 Å². The predicted molar refractivity (Wildman–Crippen MR) is 61.0 cm³/mol. The summed E-state index contributed by atoms with van der Waals surface area (Å²) in [5.41, 5.74) is 7.23. The Bertz CT molecular complexity index is 246. The van der Waals surface area contributed by atoms with Crippen LogP contribution < -0.4 is 5.73 Å². The molecule has 1 aromatic carbocycles. The first-order valence-corrected chi connectivity index (χ1v) is 5.20. The van der Waals surface area contributed by atoms with Crippen LogP contribution in [0.3, 0.4) is 0 Å². The van der Waals surface area contributed by atoms with Crippen molar-refractivity contribution >= 4 is 0 Å². The third-order valence-corrected chi connectivity index (χ3v) is 2.37. The molecule has 2 nitrogen and oxygen atoms in total. The number of rotatable bonds is 5. The van der Waals surface area contributed by atoms with Gasteiger partial charge >= 0.3 is 0 Å². The molecule has 14 heavy (non-hydrogen) atoms. The van der Waals surface area contributed by atoms with E-state index in [1.807, 2.05) is 6.07 Å². The lowest BCUT2D eigenvalue weighted by molar-refractivity contribution is 0.300. The van der Waals surface area contributed by atoms with Gasteiger partial charge in [-0.25, -0.2) is 0 Å². The average molecular weight is 192 g/mol. The van der Waals surface area contributed by atoms with Crippen LogP contribution >= 0.6 is 0 Å². The summed E-state index contributed by atoms with van der Waals surface area (Å²) < 4.78 is 0. The number of hydrogen-bond acceptors (Lipinski definition) is 2. The molecule has 0 aromatic heterocycles. The van der Waals surface area contributed by atoms with Gasteiger partial charge in [0.1, 0.15) is 0 Å². The molecule has 1 atom stereocenters. The first kappa shape index (κ1) is 11.2. The van der Waals surface area contributed by atoms with E-state index in [2.05, 4.69) is 43.1 Å². The zero-order chi connectivity index (χ0) is 10.4. The van der Waals surface area contributed by atoms with Gasteiger partial charge in [0.15, 0.2) is 0 Å². The fourth-order valence-electron chi connectivity index (χ4n) is 1.49. The van der Waals surface area contributed by atoms with E-state index in [-0.39, 0.29) is 0 Å². The second-order valence-corrected chi connectivity index (χ2v) is 3.85. The average Bonchev–Trinajstić information content (AvgIpc) is 2.19. The molecule has 78 valence electrons. The summed E-state index contributed by atoms with van der Waals surface area (Å²) in [5, 5.41) is 0. The Kier molecular flexibility index (Phi) is 4.63. The Hall–Kier alpha value is -0.860. The van der Waals surface area contributed by atoms with Crippen molar-refractivity contribution < 1.29 is 0 Å². The van der Waals surface area contributed by atoms with Gasteiger partial charge in [-0.05, 0) is 19.0 Å². The number of hydrogen-bond donors (Lipinski definition) is 1. The number of benzene rings is 1. The number of nitrogens with two attached hydrogens (primary N) is 1. The summed E-state index contributed by atoms with van der Waals surface area (Å²) in [5.74, 6) is 0. The Morgan fingerprint density at radius 2 is 1.93 bits per heavy atom. The molecule has 0 heterocycles. The van der Waals surface area contributed by atoms with Crippen molar-refractivity contribution in [2.75, 3.05) is 13.6 Å². The smallest absolute Gasteiger partial charge is 0.0231 e. The molecule has 1 rings (SSSR count). The molecule has 0 unspecified atom stereocenters. The quantitative estimate of drug-likeness (QED) is 0.771. The molecule has 0 bridgehead atoms. The van der Waals surface area contributed by atoms with Crippen molar-refractivity contribution in [2.24, 2.45) is 5.73 Å². The number of likely N-dealkylation sites (N-methyl/N-ethyl adjacent to an activating group) is 1. The van der Waals surface area contributed by atoms with Gasteiger partial charge in [0.25, 0.3) is 0 Å². The monoisotopic (exact) mass is 192 g/mol. The summed E-state index contributed by atoms with van der Waals surface area (Å²) in [6.07, 6.45) is 1.04. The highest BCUT2D eigenvalue weighted by Crippen LogP contribution is 2.03. The summed E-state index contributed by atoms with van der Waals surface area (Å²) in [6.45, 7) is 4.07. The molecule has 0 aliphatic carbocycles. The third kappa shape index (κ3) is 3.90. The maximum atomic E-state index is 5.89. The Morgan fingerprint density at radius 1 is 1.29 bits per heavy atom. The lowest BCUT2D eigenvalue weighted by Crippen LogP contribution is -2.34. The standard InChI is InChI=1S/C12H20N2/c1-3-12(13)10-14(2)9-11-7-5-4-6-8-11/h4-8,12H,3,9-10,13H2,1-2H3/t12-/m1/s1. The van der Waals surface area contributed by atoms with Crippen LogP contribution in [0.1, 0.15) is 18.9 Å².